The first-order valence-corrected chi connectivity index (χ1v) is 7.96. The van der Waals surface area contributed by atoms with Crippen LogP contribution in [-0.2, 0) is 5.75 Å². The summed E-state index contributed by atoms with van der Waals surface area (Å²) < 4.78 is 0. The first kappa shape index (κ1) is 15.0. The van der Waals surface area contributed by atoms with E-state index < -0.39 is 5.97 Å². The summed E-state index contributed by atoms with van der Waals surface area (Å²) in [6.07, 6.45) is 0. The standard InChI is InChI=1S/C14H16N2O2S2/c1-7-5-8(2)15-13(12(7)14(17)18)19-6-11-16-9(3)10(4)20-11/h5H,6H2,1-4H3,(H,17,18). The Morgan fingerprint density at radius 1 is 1.30 bits per heavy atom. The van der Waals surface area contributed by atoms with Gasteiger partial charge in [0, 0.05) is 10.6 Å². The molecule has 0 saturated carbocycles. The van der Waals surface area contributed by atoms with Crippen LogP contribution in [0.4, 0.5) is 0 Å². The van der Waals surface area contributed by atoms with E-state index in [0.717, 1.165) is 22.0 Å². The zero-order valence-corrected chi connectivity index (χ0v) is 13.5. The van der Waals surface area contributed by atoms with Crippen LogP contribution < -0.4 is 0 Å². The zero-order valence-electron chi connectivity index (χ0n) is 11.9. The maximum atomic E-state index is 11.4. The van der Waals surface area contributed by atoms with Crippen molar-refractivity contribution in [2.75, 3.05) is 0 Å². The van der Waals surface area contributed by atoms with Crippen LogP contribution in [0.1, 0.15) is 37.2 Å². The predicted octanol–water partition coefficient (Wildman–Crippen LogP) is 3.76. The van der Waals surface area contributed by atoms with Crippen LogP contribution >= 0.6 is 23.1 Å². The Balaban J connectivity index is 2.26. The molecule has 0 unspecified atom stereocenters. The van der Waals surface area contributed by atoms with E-state index in [1.807, 2.05) is 20.8 Å². The van der Waals surface area contributed by atoms with Gasteiger partial charge in [-0.2, -0.15) is 0 Å². The first-order chi connectivity index (χ1) is 9.38. The van der Waals surface area contributed by atoms with E-state index in [0.29, 0.717) is 16.3 Å². The molecule has 6 heteroatoms. The third-order valence-corrected chi connectivity index (χ3v) is 5.17. The highest BCUT2D eigenvalue weighted by molar-refractivity contribution is 7.98. The molecule has 20 heavy (non-hydrogen) atoms. The maximum Gasteiger partial charge on any atom is 0.338 e. The molecule has 4 nitrogen and oxygen atoms in total. The smallest absolute Gasteiger partial charge is 0.338 e. The van der Waals surface area contributed by atoms with Crippen LogP contribution in [0, 0.1) is 27.7 Å². The molecule has 2 aromatic heterocycles. The fourth-order valence-corrected chi connectivity index (χ4v) is 3.97. The molecule has 0 radical (unpaired) electrons. The fraction of sp³-hybridized carbons (Fsp3) is 0.357. The lowest BCUT2D eigenvalue weighted by Crippen LogP contribution is -2.05. The Morgan fingerprint density at radius 2 is 2.00 bits per heavy atom. The van der Waals surface area contributed by atoms with E-state index in [1.54, 1.807) is 24.3 Å². The minimum Gasteiger partial charge on any atom is -0.478 e. The van der Waals surface area contributed by atoms with Crippen LogP contribution in [0.25, 0.3) is 0 Å². The van der Waals surface area contributed by atoms with Gasteiger partial charge in [-0.05, 0) is 39.3 Å². The Kier molecular flexibility index (Phi) is 4.45. The number of thiazole rings is 1. The van der Waals surface area contributed by atoms with Crippen LogP contribution in [0.2, 0.25) is 0 Å². The van der Waals surface area contributed by atoms with Crippen molar-refractivity contribution in [3.8, 4) is 0 Å². The number of aromatic nitrogens is 2. The van der Waals surface area contributed by atoms with Gasteiger partial charge in [0.1, 0.15) is 10.0 Å². The lowest BCUT2D eigenvalue weighted by Gasteiger charge is -2.08. The Bertz CT molecular complexity index is 646. The fourth-order valence-electron chi connectivity index (χ4n) is 1.90. The molecule has 0 saturated heterocycles. The summed E-state index contributed by atoms with van der Waals surface area (Å²) in [4.78, 5) is 21.4. The second-order valence-electron chi connectivity index (χ2n) is 4.60. The third kappa shape index (κ3) is 3.19. The number of aryl methyl sites for hydroxylation is 4. The average molecular weight is 308 g/mol. The van der Waals surface area contributed by atoms with Gasteiger partial charge in [-0.15, -0.1) is 11.3 Å². The van der Waals surface area contributed by atoms with Crippen LogP contribution in [0.15, 0.2) is 11.1 Å². The van der Waals surface area contributed by atoms with E-state index in [4.69, 9.17) is 0 Å². The Hall–Kier alpha value is -1.40. The van der Waals surface area contributed by atoms with Crippen molar-refractivity contribution < 1.29 is 9.90 Å². The molecule has 2 rings (SSSR count). The van der Waals surface area contributed by atoms with Crippen molar-refractivity contribution in [2.45, 2.75) is 38.5 Å². The SMILES string of the molecule is Cc1cc(C)c(C(=O)O)c(SCc2nc(C)c(C)s2)n1. The average Bonchev–Trinajstić information content (AvgIpc) is 2.64. The van der Waals surface area contributed by atoms with Gasteiger partial charge in [0.2, 0.25) is 0 Å². The lowest BCUT2D eigenvalue weighted by atomic mass is 10.1. The summed E-state index contributed by atoms with van der Waals surface area (Å²) in [7, 11) is 0. The predicted molar refractivity (Wildman–Crippen MR) is 81.8 cm³/mol. The summed E-state index contributed by atoms with van der Waals surface area (Å²) in [5, 5.41) is 10.9. The number of carboxylic acid groups (broad SMARTS) is 1. The molecule has 106 valence electrons. The van der Waals surface area contributed by atoms with Crippen LogP contribution in [-0.4, -0.2) is 21.0 Å². The number of carbonyl (C=O) groups is 1. The number of aromatic carboxylic acids is 1. The van der Waals surface area contributed by atoms with Gasteiger partial charge in [-0.1, -0.05) is 11.8 Å². The molecule has 0 fully saturated rings. The van der Waals surface area contributed by atoms with Gasteiger partial charge >= 0.3 is 5.97 Å². The lowest BCUT2D eigenvalue weighted by molar-refractivity contribution is 0.0691. The van der Waals surface area contributed by atoms with Crippen molar-refractivity contribution in [3.63, 3.8) is 0 Å². The summed E-state index contributed by atoms with van der Waals surface area (Å²) >= 11 is 3.08. The largest absolute Gasteiger partial charge is 0.478 e. The number of nitrogens with zero attached hydrogens (tertiary/aromatic N) is 2. The van der Waals surface area contributed by atoms with Crippen LogP contribution in [0.3, 0.4) is 0 Å². The van der Waals surface area contributed by atoms with E-state index in [2.05, 4.69) is 9.97 Å². The monoisotopic (exact) mass is 308 g/mol. The molecule has 2 heterocycles. The molecule has 0 aliphatic carbocycles. The molecule has 0 aliphatic heterocycles. The summed E-state index contributed by atoms with van der Waals surface area (Å²) in [5.41, 5.74) is 2.92. The normalized spacial score (nSPS) is 10.8. The van der Waals surface area contributed by atoms with Crippen molar-refractivity contribution in [2.24, 2.45) is 0 Å². The number of rotatable bonds is 4. The number of thioether (sulfide) groups is 1. The highest BCUT2D eigenvalue weighted by Gasteiger charge is 2.16. The minimum atomic E-state index is -0.927. The first-order valence-electron chi connectivity index (χ1n) is 6.15. The highest BCUT2D eigenvalue weighted by Crippen LogP contribution is 2.29. The molecule has 0 spiro atoms. The number of hydrogen-bond acceptors (Lipinski definition) is 5. The van der Waals surface area contributed by atoms with Gasteiger partial charge in [-0.25, -0.2) is 14.8 Å². The summed E-state index contributed by atoms with van der Waals surface area (Å²) in [5.74, 6) is -0.279. The molecule has 2 aromatic rings. The molecule has 0 amide bonds. The van der Waals surface area contributed by atoms with Crippen LogP contribution in [0.5, 0.6) is 0 Å². The molecular formula is C14H16N2O2S2. The van der Waals surface area contributed by atoms with Gasteiger partial charge in [0.15, 0.2) is 0 Å². The topological polar surface area (TPSA) is 63.1 Å². The van der Waals surface area contributed by atoms with E-state index in [-0.39, 0.29) is 0 Å². The van der Waals surface area contributed by atoms with Gasteiger partial charge in [0.05, 0.1) is 17.0 Å². The van der Waals surface area contributed by atoms with E-state index in [1.165, 1.54) is 16.6 Å². The van der Waals surface area contributed by atoms with Gasteiger partial charge < -0.3 is 5.11 Å². The summed E-state index contributed by atoms with van der Waals surface area (Å²) in [6.45, 7) is 7.71. The van der Waals surface area contributed by atoms with Gasteiger partial charge in [0.25, 0.3) is 0 Å². The number of carboxylic acids is 1. The van der Waals surface area contributed by atoms with Crippen molar-refractivity contribution in [1.82, 2.24) is 9.97 Å². The second kappa shape index (κ2) is 5.93. The highest BCUT2D eigenvalue weighted by atomic mass is 32.2. The third-order valence-electron chi connectivity index (χ3n) is 2.93. The summed E-state index contributed by atoms with van der Waals surface area (Å²) in [6, 6.07) is 1.80. The quantitative estimate of drug-likeness (QED) is 0.871. The van der Waals surface area contributed by atoms with Crippen molar-refractivity contribution in [1.29, 1.82) is 0 Å². The van der Waals surface area contributed by atoms with Crippen molar-refractivity contribution in [3.05, 3.63) is 38.5 Å². The molecule has 0 aliphatic rings. The molecule has 0 atom stereocenters. The maximum absolute atomic E-state index is 11.4. The minimum absolute atomic E-state index is 0.297. The molecule has 1 N–H and O–H groups in total. The molecule has 0 bridgehead atoms. The molecule has 0 aromatic carbocycles. The van der Waals surface area contributed by atoms with Crippen molar-refractivity contribution >= 4 is 29.1 Å². The van der Waals surface area contributed by atoms with Gasteiger partial charge in [-0.3, -0.25) is 0 Å². The van der Waals surface area contributed by atoms with E-state index >= 15 is 0 Å². The van der Waals surface area contributed by atoms with E-state index in [9.17, 15) is 9.90 Å². The second-order valence-corrected chi connectivity index (χ2v) is 6.86. The zero-order chi connectivity index (χ0) is 14.9. The Morgan fingerprint density at radius 3 is 2.55 bits per heavy atom. The number of pyridine rings is 1. The molecular weight excluding hydrogens is 292 g/mol. The Labute approximate surface area is 126 Å². The number of hydrogen-bond donors (Lipinski definition) is 1.